The second-order valence-corrected chi connectivity index (χ2v) is 4.80. The SMILES string of the molecule is COC(=O)c1ccc(/C=N\NC(=O)Cn2ccc(C(F)(F)F)n2)cc1. The number of nitrogens with one attached hydrogen (secondary N) is 1. The monoisotopic (exact) mass is 354 g/mol. The van der Waals surface area contributed by atoms with E-state index in [-0.39, 0.29) is 0 Å². The molecule has 0 unspecified atom stereocenters. The van der Waals surface area contributed by atoms with Crippen molar-refractivity contribution >= 4 is 18.1 Å². The van der Waals surface area contributed by atoms with Gasteiger partial charge in [0, 0.05) is 6.20 Å². The van der Waals surface area contributed by atoms with E-state index < -0.39 is 30.3 Å². The summed E-state index contributed by atoms with van der Waals surface area (Å²) < 4.78 is 42.6. The number of benzene rings is 1. The molecule has 1 aromatic heterocycles. The highest BCUT2D eigenvalue weighted by Crippen LogP contribution is 2.27. The maximum atomic E-state index is 12.4. The Labute approximate surface area is 140 Å². The number of carbonyl (C=O) groups excluding carboxylic acids is 2. The Balaban J connectivity index is 1.88. The zero-order valence-electron chi connectivity index (χ0n) is 12.9. The molecular formula is C15H13F3N4O3. The zero-order chi connectivity index (χ0) is 18.4. The molecule has 0 saturated carbocycles. The minimum Gasteiger partial charge on any atom is -0.465 e. The fraction of sp³-hybridized carbons (Fsp3) is 0.200. The number of carbonyl (C=O) groups is 2. The van der Waals surface area contributed by atoms with Crippen LogP contribution in [-0.2, 0) is 22.3 Å². The van der Waals surface area contributed by atoms with Gasteiger partial charge in [-0.15, -0.1) is 0 Å². The van der Waals surface area contributed by atoms with Crippen molar-refractivity contribution in [3.8, 4) is 0 Å². The Morgan fingerprint density at radius 3 is 2.52 bits per heavy atom. The molecule has 0 bridgehead atoms. The summed E-state index contributed by atoms with van der Waals surface area (Å²) >= 11 is 0. The fourth-order valence-corrected chi connectivity index (χ4v) is 1.79. The summed E-state index contributed by atoms with van der Waals surface area (Å²) in [7, 11) is 1.27. The number of alkyl halides is 3. The van der Waals surface area contributed by atoms with E-state index in [0.717, 1.165) is 16.9 Å². The lowest BCUT2D eigenvalue weighted by atomic mass is 10.1. The standard InChI is InChI=1S/C15H13F3N4O3/c1-25-14(24)11-4-2-10(3-5-11)8-19-20-13(23)9-22-7-6-12(21-22)15(16,17)18/h2-8H,9H2,1H3,(H,20,23)/b19-8-. The van der Waals surface area contributed by atoms with Crippen molar-refractivity contribution in [2.24, 2.45) is 5.10 Å². The third kappa shape index (κ3) is 5.16. The smallest absolute Gasteiger partial charge is 0.435 e. The number of rotatable bonds is 5. The summed E-state index contributed by atoms with van der Waals surface area (Å²) in [6, 6.07) is 7.00. The summed E-state index contributed by atoms with van der Waals surface area (Å²) in [4.78, 5) is 22.9. The summed E-state index contributed by atoms with van der Waals surface area (Å²) in [6.07, 6.45) is -2.18. The fourth-order valence-electron chi connectivity index (χ4n) is 1.79. The maximum Gasteiger partial charge on any atom is 0.435 e. The van der Waals surface area contributed by atoms with E-state index in [0.29, 0.717) is 11.1 Å². The molecule has 0 atom stereocenters. The summed E-state index contributed by atoms with van der Waals surface area (Å²) in [5, 5.41) is 6.94. The lowest BCUT2D eigenvalue weighted by Gasteiger charge is -2.02. The van der Waals surface area contributed by atoms with E-state index in [1.54, 1.807) is 12.1 Å². The lowest BCUT2D eigenvalue weighted by Crippen LogP contribution is -2.23. The molecule has 132 valence electrons. The van der Waals surface area contributed by atoms with Crippen molar-refractivity contribution in [3.05, 3.63) is 53.3 Å². The van der Waals surface area contributed by atoms with E-state index in [1.807, 2.05) is 0 Å². The number of ether oxygens (including phenoxy) is 1. The van der Waals surface area contributed by atoms with E-state index >= 15 is 0 Å². The van der Waals surface area contributed by atoms with Gasteiger partial charge in [-0.1, -0.05) is 12.1 Å². The molecule has 1 aromatic carbocycles. The second-order valence-electron chi connectivity index (χ2n) is 4.80. The Morgan fingerprint density at radius 1 is 1.28 bits per heavy atom. The number of esters is 1. The highest BCUT2D eigenvalue weighted by molar-refractivity contribution is 5.90. The highest BCUT2D eigenvalue weighted by Gasteiger charge is 2.33. The molecular weight excluding hydrogens is 341 g/mol. The van der Waals surface area contributed by atoms with Gasteiger partial charge in [0.1, 0.15) is 6.54 Å². The highest BCUT2D eigenvalue weighted by atomic mass is 19.4. The topological polar surface area (TPSA) is 85.6 Å². The second kappa shape index (κ2) is 7.60. The third-order valence-corrected chi connectivity index (χ3v) is 2.97. The van der Waals surface area contributed by atoms with Crippen LogP contribution < -0.4 is 5.43 Å². The first kappa shape index (κ1) is 18.2. The van der Waals surface area contributed by atoms with Crippen molar-refractivity contribution < 1.29 is 27.5 Å². The van der Waals surface area contributed by atoms with Crippen LogP contribution in [0.3, 0.4) is 0 Å². The van der Waals surface area contributed by atoms with E-state index in [2.05, 4.69) is 20.4 Å². The number of hydrazone groups is 1. The number of amides is 1. The molecule has 1 N–H and O–H groups in total. The lowest BCUT2D eigenvalue weighted by molar-refractivity contribution is -0.141. The largest absolute Gasteiger partial charge is 0.465 e. The molecule has 25 heavy (non-hydrogen) atoms. The Bertz CT molecular complexity index is 782. The third-order valence-electron chi connectivity index (χ3n) is 2.97. The van der Waals surface area contributed by atoms with Crippen molar-refractivity contribution in [2.75, 3.05) is 7.11 Å². The molecule has 0 aliphatic heterocycles. The van der Waals surface area contributed by atoms with Crippen molar-refractivity contribution in [1.29, 1.82) is 0 Å². The van der Waals surface area contributed by atoms with Gasteiger partial charge < -0.3 is 4.74 Å². The van der Waals surface area contributed by atoms with Gasteiger partial charge in [0.15, 0.2) is 5.69 Å². The number of methoxy groups -OCH3 is 1. The molecule has 1 amide bonds. The van der Waals surface area contributed by atoms with E-state index in [4.69, 9.17) is 0 Å². The van der Waals surface area contributed by atoms with Gasteiger partial charge >= 0.3 is 12.1 Å². The van der Waals surface area contributed by atoms with Crippen LogP contribution >= 0.6 is 0 Å². The first-order chi connectivity index (χ1) is 11.8. The van der Waals surface area contributed by atoms with Crippen LogP contribution in [-0.4, -0.2) is 35.0 Å². The minimum absolute atomic E-state index is 0.364. The molecule has 10 heteroatoms. The quantitative estimate of drug-likeness (QED) is 0.504. The first-order valence-corrected chi connectivity index (χ1v) is 6.90. The summed E-state index contributed by atoms with van der Waals surface area (Å²) in [5.41, 5.74) is 2.07. The molecule has 2 rings (SSSR count). The van der Waals surface area contributed by atoms with Crippen LogP contribution in [0.4, 0.5) is 13.2 Å². The number of nitrogens with zero attached hydrogens (tertiary/aromatic N) is 3. The molecule has 0 radical (unpaired) electrons. The van der Waals surface area contributed by atoms with Crippen molar-refractivity contribution in [1.82, 2.24) is 15.2 Å². The molecule has 0 spiro atoms. The number of aromatic nitrogens is 2. The summed E-state index contributed by atoms with van der Waals surface area (Å²) in [6.45, 7) is -0.408. The Hall–Kier alpha value is -3.17. The van der Waals surface area contributed by atoms with Gasteiger partial charge in [-0.3, -0.25) is 9.48 Å². The van der Waals surface area contributed by atoms with Crippen molar-refractivity contribution in [2.45, 2.75) is 12.7 Å². The number of halogens is 3. The van der Waals surface area contributed by atoms with Crippen LogP contribution in [0.1, 0.15) is 21.6 Å². The zero-order valence-corrected chi connectivity index (χ0v) is 12.9. The predicted molar refractivity (Wildman–Crippen MR) is 80.7 cm³/mol. The van der Waals surface area contributed by atoms with Crippen LogP contribution in [0.25, 0.3) is 0 Å². The maximum absolute atomic E-state index is 12.4. The van der Waals surface area contributed by atoms with Gasteiger partial charge in [0.25, 0.3) is 5.91 Å². The van der Waals surface area contributed by atoms with E-state index in [9.17, 15) is 22.8 Å². The summed E-state index contributed by atoms with van der Waals surface area (Å²) in [5.74, 6) is -1.12. The minimum atomic E-state index is -4.56. The molecule has 0 aliphatic carbocycles. The van der Waals surface area contributed by atoms with Crippen molar-refractivity contribution in [3.63, 3.8) is 0 Å². The molecule has 0 aliphatic rings. The Kier molecular flexibility index (Phi) is 5.52. The van der Waals surface area contributed by atoms with Gasteiger partial charge in [-0.25, -0.2) is 10.2 Å². The van der Waals surface area contributed by atoms with Crippen LogP contribution in [0.2, 0.25) is 0 Å². The molecule has 0 fully saturated rings. The molecule has 7 nitrogen and oxygen atoms in total. The molecule has 1 heterocycles. The number of hydrogen-bond donors (Lipinski definition) is 1. The average Bonchev–Trinajstić information content (AvgIpc) is 3.03. The Morgan fingerprint density at radius 2 is 1.96 bits per heavy atom. The molecule has 0 saturated heterocycles. The van der Waals surface area contributed by atoms with Gasteiger partial charge in [0.2, 0.25) is 0 Å². The van der Waals surface area contributed by atoms with Crippen LogP contribution in [0.15, 0.2) is 41.6 Å². The van der Waals surface area contributed by atoms with Gasteiger partial charge in [0.05, 0.1) is 18.9 Å². The van der Waals surface area contributed by atoms with E-state index in [1.165, 1.54) is 25.5 Å². The van der Waals surface area contributed by atoms with Crippen LogP contribution in [0.5, 0.6) is 0 Å². The average molecular weight is 354 g/mol. The van der Waals surface area contributed by atoms with Crippen LogP contribution in [0, 0.1) is 0 Å². The molecule has 2 aromatic rings. The predicted octanol–water partition coefficient (Wildman–Crippen LogP) is 1.84. The van der Waals surface area contributed by atoms with Gasteiger partial charge in [-0.05, 0) is 23.8 Å². The first-order valence-electron chi connectivity index (χ1n) is 6.90. The normalized spacial score (nSPS) is 11.5. The number of hydrogen-bond acceptors (Lipinski definition) is 5. The van der Waals surface area contributed by atoms with Gasteiger partial charge in [-0.2, -0.15) is 23.4 Å².